The van der Waals surface area contributed by atoms with Crippen molar-refractivity contribution in [3.05, 3.63) is 0 Å². The predicted molar refractivity (Wildman–Crippen MR) is 19.8 cm³/mol. The Balaban J connectivity index is 0. The van der Waals surface area contributed by atoms with Crippen LogP contribution in [-0.2, 0) is 0 Å². The van der Waals surface area contributed by atoms with Crippen LogP contribution in [0.5, 0.6) is 0 Å². The molecule has 0 saturated carbocycles. The highest BCUT2D eigenvalue weighted by atomic mass is 19.0. The van der Waals surface area contributed by atoms with E-state index in [1.54, 1.807) is 0 Å². The lowest BCUT2D eigenvalue weighted by atomic mass is 10.8. The Morgan fingerprint density at radius 3 is 0.500 bits per heavy atom. The maximum Gasteiger partial charge on any atom is 0 e. The minimum Gasteiger partial charge on any atom is -0.269 e. The van der Waals surface area contributed by atoms with Gasteiger partial charge in [0.15, 0.2) is 0 Å². The molecule has 0 bridgehead atoms. The van der Waals surface area contributed by atoms with Gasteiger partial charge in [-0.15, -0.1) is 0 Å². The monoisotopic (exact) mass is 53.0 g/mol. The molecule has 0 aliphatic rings. The lowest BCUT2D eigenvalue weighted by molar-refractivity contribution is 1.11. The zero-order valence-corrected chi connectivity index (χ0v) is 2.14. The lowest BCUT2D eigenvalue weighted by Crippen LogP contribution is -0.382. The number of rotatable bonds is 0. The minimum atomic E-state index is 0. The Hall–Kier alpha value is 0.125. The summed E-state index contributed by atoms with van der Waals surface area (Å²) in [6.07, 6.45) is 0. The summed E-state index contributed by atoms with van der Waals surface area (Å²) in [4.78, 5) is 0. The van der Waals surface area contributed by atoms with Crippen molar-refractivity contribution in [3.8, 4) is 0 Å². The zero-order valence-electron chi connectivity index (χ0n) is 2.14. The quantitative estimate of drug-likeness (QED) is 0.311. The molecule has 0 unspecified atom stereocenters. The van der Waals surface area contributed by atoms with E-state index in [-0.39, 0.29) is 29.9 Å². The van der Waals surface area contributed by atoms with Crippen molar-refractivity contribution in [2.45, 2.75) is 0 Å². The van der Waals surface area contributed by atoms with Gasteiger partial charge in [-0.3, -0.25) is 4.70 Å². The fourth-order valence-electron chi connectivity index (χ4n) is 0. The molecule has 0 atom stereocenters. The SMILES string of the molecule is F.[B].[B].[B]. The van der Waals surface area contributed by atoms with Gasteiger partial charge in [0.05, 0.1) is 0 Å². The van der Waals surface area contributed by atoms with Gasteiger partial charge in [-0.25, -0.2) is 0 Å². The molecule has 0 aliphatic heterocycles. The molecule has 0 aliphatic carbocycles. The van der Waals surface area contributed by atoms with Crippen molar-refractivity contribution >= 4 is 25.2 Å². The molecular weight excluding hydrogens is 51.4 g/mol. The van der Waals surface area contributed by atoms with Gasteiger partial charge in [0.25, 0.3) is 0 Å². The predicted octanol–water partition coefficient (Wildman–Crippen LogP) is -0.990. The molecule has 0 aromatic heterocycles. The third-order valence-electron chi connectivity index (χ3n) is 0. The van der Waals surface area contributed by atoms with Crippen LogP contribution in [0.1, 0.15) is 0 Å². The fourth-order valence-corrected chi connectivity index (χ4v) is 0. The molecule has 0 aromatic rings. The molecule has 0 spiro atoms. The van der Waals surface area contributed by atoms with Gasteiger partial charge in [-0.1, -0.05) is 0 Å². The third kappa shape index (κ3) is 173. The van der Waals surface area contributed by atoms with Gasteiger partial charge >= 0.3 is 0 Å². The van der Waals surface area contributed by atoms with Gasteiger partial charge in [-0.2, -0.15) is 0 Å². The maximum atomic E-state index is 0. The second-order valence-electron chi connectivity index (χ2n) is 0. The maximum absolute atomic E-state index is 0. The van der Waals surface area contributed by atoms with Gasteiger partial charge in [-0.05, 0) is 0 Å². The van der Waals surface area contributed by atoms with Crippen molar-refractivity contribution in [2.24, 2.45) is 0 Å². The normalized spacial score (nSPS) is 0. The Labute approximate surface area is 31.1 Å². The van der Waals surface area contributed by atoms with E-state index in [4.69, 9.17) is 0 Å². The Morgan fingerprint density at radius 1 is 0.500 bits per heavy atom. The fraction of sp³-hybridized carbons (Fsp3) is 0. The van der Waals surface area contributed by atoms with Gasteiger partial charge in [0, 0.05) is 25.2 Å². The lowest BCUT2D eigenvalue weighted by Gasteiger charge is -0.269. The molecule has 0 fully saturated rings. The van der Waals surface area contributed by atoms with Crippen molar-refractivity contribution in [1.29, 1.82) is 0 Å². The molecule has 0 nitrogen and oxygen atoms in total. The molecule has 0 aromatic carbocycles. The molecular formula is HB3F. The Morgan fingerprint density at radius 2 is 0.500 bits per heavy atom. The van der Waals surface area contributed by atoms with Crippen molar-refractivity contribution in [2.75, 3.05) is 0 Å². The first kappa shape index (κ1) is 2590. The zero-order chi connectivity index (χ0) is 0. The molecule has 9 radical (unpaired) electrons. The van der Waals surface area contributed by atoms with E-state index in [1.165, 1.54) is 0 Å². The summed E-state index contributed by atoms with van der Waals surface area (Å²) in [5, 5.41) is 0. The van der Waals surface area contributed by atoms with Crippen LogP contribution in [0.25, 0.3) is 0 Å². The largest absolute Gasteiger partial charge is 0.269 e. The van der Waals surface area contributed by atoms with Crippen LogP contribution in [-0.4, -0.2) is 25.2 Å². The molecule has 0 amide bonds. The molecule has 0 N–H and O–H groups in total. The summed E-state index contributed by atoms with van der Waals surface area (Å²) in [7, 11) is 0. The number of hydrogen-bond acceptors (Lipinski definition) is 0. The van der Waals surface area contributed by atoms with Crippen molar-refractivity contribution in [3.63, 3.8) is 0 Å². The van der Waals surface area contributed by atoms with E-state index in [0.717, 1.165) is 0 Å². The van der Waals surface area contributed by atoms with Crippen LogP contribution >= 0.6 is 0 Å². The van der Waals surface area contributed by atoms with Crippen LogP contribution in [0.2, 0.25) is 0 Å². The van der Waals surface area contributed by atoms with Gasteiger partial charge in [0.1, 0.15) is 0 Å². The highest BCUT2D eigenvalue weighted by molar-refractivity contribution is 5.76. The van der Waals surface area contributed by atoms with Crippen LogP contribution in [0.4, 0.5) is 4.70 Å². The molecule has 4 heavy (non-hydrogen) atoms. The van der Waals surface area contributed by atoms with E-state index in [1.807, 2.05) is 0 Å². The second-order valence-corrected chi connectivity index (χ2v) is 0. The van der Waals surface area contributed by atoms with E-state index < -0.39 is 0 Å². The first-order chi connectivity index (χ1) is 0. The first-order valence-corrected chi connectivity index (χ1v) is 0. The summed E-state index contributed by atoms with van der Waals surface area (Å²) in [5.74, 6) is 0. The van der Waals surface area contributed by atoms with Gasteiger partial charge in [0.2, 0.25) is 0 Å². The second kappa shape index (κ2) is 906. The smallest absolute Gasteiger partial charge is 0 e. The van der Waals surface area contributed by atoms with Crippen LogP contribution in [0.3, 0.4) is 0 Å². The highest BCUT2D eigenvalue weighted by Crippen LogP contribution is 0.420. The average molecular weight is 52.4 g/mol. The molecule has 0 heterocycles. The molecule has 4 heteroatoms. The van der Waals surface area contributed by atoms with Crippen molar-refractivity contribution in [1.82, 2.24) is 0 Å². The molecule has 17 valence electrons. The van der Waals surface area contributed by atoms with E-state index in [9.17, 15) is 0 Å². The highest BCUT2D eigenvalue weighted by Gasteiger charge is 0.00201. The standard InChI is InChI=1S/3B.FH/h;;;1H. The first-order valence-electron chi connectivity index (χ1n) is 0. The number of hydrogen-bond donors (Lipinski definition) is 0. The van der Waals surface area contributed by atoms with Crippen LogP contribution in [0, 0.1) is 0 Å². The summed E-state index contributed by atoms with van der Waals surface area (Å²) in [6, 6.07) is 0. The molecule has 0 saturated heterocycles. The summed E-state index contributed by atoms with van der Waals surface area (Å²) < 4.78 is 0. The Kier molecular flexibility index (Phi) is 585000. The van der Waals surface area contributed by atoms with E-state index >= 15 is 0 Å². The summed E-state index contributed by atoms with van der Waals surface area (Å²) in [5.41, 5.74) is 0. The van der Waals surface area contributed by atoms with Gasteiger partial charge < -0.3 is 0 Å². The Bertz CT molecular complexity index is 3.25. The van der Waals surface area contributed by atoms with Crippen molar-refractivity contribution < 1.29 is 4.70 Å². The summed E-state index contributed by atoms with van der Waals surface area (Å²) >= 11 is 0. The summed E-state index contributed by atoms with van der Waals surface area (Å²) in [6.45, 7) is 0. The molecule has 0 rings (SSSR count). The third-order valence-corrected chi connectivity index (χ3v) is 0. The minimum absolute atomic E-state index is 0. The van der Waals surface area contributed by atoms with E-state index in [0.29, 0.717) is 0 Å². The van der Waals surface area contributed by atoms with E-state index in [2.05, 4.69) is 0 Å². The topological polar surface area (TPSA) is 0 Å². The van der Waals surface area contributed by atoms with Crippen LogP contribution in [0.15, 0.2) is 0 Å². The van der Waals surface area contributed by atoms with Crippen LogP contribution < -0.4 is 0 Å². The number of halogens is 1. The average Bonchev–Trinajstić information content (AvgIpc) is 0.